The number of benzene rings is 1. The molecule has 5 nitrogen and oxygen atoms in total. The largest absolute Gasteiger partial charge is 0.487 e. The van der Waals surface area contributed by atoms with Crippen molar-refractivity contribution in [3.8, 4) is 5.75 Å². The molecular weight excluding hydrogens is 291 g/mol. The topological polar surface area (TPSA) is 65.3 Å². The van der Waals surface area contributed by atoms with Gasteiger partial charge in [0.25, 0.3) is 5.69 Å². The number of halogens is 2. The second kappa shape index (κ2) is 5.86. The van der Waals surface area contributed by atoms with E-state index in [-0.39, 0.29) is 17.3 Å². The second-order valence-electron chi connectivity index (χ2n) is 3.67. The minimum Gasteiger partial charge on any atom is -0.487 e. The summed E-state index contributed by atoms with van der Waals surface area (Å²) in [7, 11) is 0. The molecule has 1 heterocycles. The Morgan fingerprint density at radius 3 is 2.74 bits per heavy atom. The predicted octanol–water partition coefficient (Wildman–Crippen LogP) is 3.88. The van der Waals surface area contributed by atoms with Crippen molar-refractivity contribution in [2.75, 3.05) is 0 Å². The van der Waals surface area contributed by atoms with Gasteiger partial charge in [0, 0.05) is 18.3 Å². The van der Waals surface area contributed by atoms with Crippen molar-refractivity contribution in [1.82, 2.24) is 4.98 Å². The van der Waals surface area contributed by atoms with Gasteiger partial charge in [0.2, 0.25) is 0 Å². The highest BCUT2D eigenvalue weighted by Crippen LogP contribution is 2.25. The molecule has 0 atom stereocenters. The molecule has 0 aliphatic heterocycles. The van der Waals surface area contributed by atoms with Crippen LogP contribution in [0.1, 0.15) is 5.56 Å². The van der Waals surface area contributed by atoms with E-state index in [0.29, 0.717) is 16.3 Å². The first kappa shape index (κ1) is 13.6. The molecule has 0 N–H and O–H groups in total. The smallest absolute Gasteiger partial charge is 0.288 e. The SMILES string of the molecule is O=[N+]([O-])c1cc(COc2cncc(Cl)c2)ccc1Cl. The summed E-state index contributed by atoms with van der Waals surface area (Å²) in [4.78, 5) is 14.1. The van der Waals surface area contributed by atoms with Gasteiger partial charge in [0.1, 0.15) is 17.4 Å². The number of nitro benzene ring substituents is 1. The maximum Gasteiger partial charge on any atom is 0.288 e. The summed E-state index contributed by atoms with van der Waals surface area (Å²) in [6, 6.07) is 6.11. The van der Waals surface area contributed by atoms with Gasteiger partial charge in [-0.3, -0.25) is 15.1 Å². The first-order valence-electron chi connectivity index (χ1n) is 5.22. The molecule has 0 spiro atoms. The molecule has 1 aromatic heterocycles. The van der Waals surface area contributed by atoms with Crippen molar-refractivity contribution in [2.24, 2.45) is 0 Å². The molecule has 0 bridgehead atoms. The van der Waals surface area contributed by atoms with Crippen LogP contribution in [0, 0.1) is 10.1 Å². The minimum atomic E-state index is -0.535. The Morgan fingerprint density at radius 2 is 2.05 bits per heavy atom. The molecule has 0 amide bonds. The van der Waals surface area contributed by atoms with E-state index in [9.17, 15) is 10.1 Å². The molecule has 0 aliphatic rings. The average molecular weight is 299 g/mol. The number of pyridine rings is 1. The van der Waals surface area contributed by atoms with Gasteiger partial charge in [0.15, 0.2) is 0 Å². The molecule has 1 aromatic carbocycles. The summed E-state index contributed by atoms with van der Waals surface area (Å²) in [6.07, 6.45) is 3.00. The van der Waals surface area contributed by atoms with E-state index in [1.54, 1.807) is 12.1 Å². The summed E-state index contributed by atoms with van der Waals surface area (Å²) in [5, 5.41) is 11.3. The minimum absolute atomic E-state index is 0.0955. The van der Waals surface area contributed by atoms with Gasteiger partial charge in [0.05, 0.1) is 16.1 Å². The van der Waals surface area contributed by atoms with Gasteiger partial charge in [-0.15, -0.1) is 0 Å². The molecule has 2 rings (SSSR count). The summed E-state index contributed by atoms with van der Waals surface area (Å²) in [5.74, 6) is 0.491. The normalized spacial score (nSPS) is 10.2. The lowest BCUT2D eigenvalue weighted by Gasteiger charge is -2.06. The van der Waals surface area contributed by atoms with Crippen LogP contribution in [0.5, 0.6) is 5.75 Å². The molecule has 19 heavy (non-hydrogen) atoms. The van der Waals surface area contributed by atoms with E-state index in [1.807, 2.05) is 0 Å². The first-order valence-corrected chi connectivity index (χ1v) is 5.98. The van der Waals surface area contributed by atoms with Crippen molar-refractivity contribution in [1.29, 1.82) is 0 Å². The molecule has 0 radical (unpaired) electrons. The lowest BCUT2D eigenvalue weighted by atomic mass is 10.2. The van der Waals surface area contributed by atoms with Crippen LogP contribution in [0.2, 0.25) is 10.0 Å². The third-order valence-corrected chi connectivity index (χ3v) is 2.82. The standard InChI is InChI=1S/C12H8Cl2N2O3/c13-9-4-10(6-15-5-9)19-7-8-1-2-11(14)12(3-8)16(17)18/h1-6H,7H2. The fourth-order valence-electron chi connectivity index (χ4n) is 1.43. The summed E-state index contributed by atoms with van der Waals surface area (Å²) < 4.78 is 5.43. The number of nitrogens with zero attached hydrogens (tertiary/aromatic N) is 2. The highest BCUT2D eigenvalue weighted by Gasteiger charge is 2.12. The zero-order valence-electron chi connectivity index (χ0n) is 9.55. The van der Waals surface area contributed by atoms with Crippen molar-refractivity contribution >= 4 is 28.9 Å². The van der Waals surface area contributed by atoms with E-state index < -0.39 is 4.92 Å². The van der Waals surface area contributed by atoms with Crippen LogP contribution in [0.25, 0.3) is 0 Å². The monoisotopic (exact) mass is 298 g/mol. The highest BCUT2D eigenvalue weighted by molar-refractivity contribution is 6.32. The van der Waals surface area contributed by atoms with E-state index in [0.717, 1.165) is 0 Å². The number of ether oxygens (including phenoxy) is 1. The van der Waals surface area contributed by atoms with Crippen LogP contribution < -0.4 is 4.74 Å². The third-order valence-electron chi connectivity index (χ3n) is 2.29. The second-order valence-corrected chi connectivity index (χ2v) is 4.51. The van der Waals surface area contributed by atoms with Crippen molar-refractivity contribution in [2.45, 2.75) is 6.61 Å². The van der Waals surface area contributed by atoms with Crippen LogP contribution in [-0.2, 0) is 6.61 Å². The summed E-state index contributed by atoms with van der Waals surface area (Å²) in [6.45, 7) is 0.167. The molecule has 0 unspecified atom stereocenters. The van der Waals surface area contributed by atoms with Crippen LogP contribution in [0.3, 0.4) is 0 Å². The van der Waals surface area contributed by atoms with E-state index in [2.05, 4.69) is 4.98 Å². The van der Waals surface area contributed by atoms with Gasteiger partial charge in [-0.1, -0.05) is 29.3 Å². The zero-order chi connectivity index (χ0) is 13.8. The lowest BCUT2D eigenvalue weighted by Crippen LogP contribution is -1.97. The van der Waals surface area contributed by atoms with Gasteiger partial charge in [-0.2, -0.15) is 0 Å². The van der Waals surface area contributed by atoms with E-state index in [4.69, 9.17) is 27.9 Å². The molecule has 7 heteroatoms. The number of aromatic nitrogens is 1. The fourth-order valence-corrected chi connectivity index (χ4v) is 1.78. The zero-order valence-corrected chi connectivity index (χ0v) is 11.1. The molecule has 0 aliphatic carbocycles. The maximum absolute atomic E-state index is 10.7. The molecule has 2 aromatic rings. The molecule has 0 saturated carbocycles. The Bertz CT molecular complexity index is 620. The van der Waals surface area contributed by atoms with Crippen LogP contribution in [0.15, 0.2) is 36.7 Å². The van der Waals surface area contributed by atoms with Crippen LogP contribution >= 0.6 is 23.2 Å². The molecule has 98 valence electrons. The molecule has 0 saturated heterocycles. The van der Waals surface area contributed by atoms with Crippen LogP contribution in [0.4, 0.5) is 5.69 Å². The number of hydrogen-bond donors (Lipinski definition) is 0. The lowest BCUT2D eigenvalue weighted by molar-refractivity contribution is -0.384. The molecular formula is C12H8Cl2N2O3. The Kier molecular flexibility index (Phi) is 4.19. The van der Waals surface area contributed by atoms with Gasteiger partial charge < -0.3 is 4.74 Å². The maximum atomic E-state index is 10.7. The number of hydrogen-bond acceptors (Lipinski definition) is 4. The third kappa shape index (κ3) is 3.56. The van der Waals surface area contributed by atoms with Gasteiger partial charge in [-0.25, -0.2) is 0 Å². The van der Waals surface area contributed by atoms with Crippen molar-refractivity contribution in [3.63, 3.8) is 0 Å². The fraction of sp³-hybridized carbons (Fsp3) is 0.0833. The Hall–Kier alpha value is -1.85. The summed E-state index contributed by atoms with van der Waals surface area (Å²) in [5.41, 5.74) is 0.489. The first-order chi connectivity index (χ1) is 9.06. The number of nitro groups is 1. The van der Waals surface area contributed by atoms with Crippen LogP contribution in [-0.4, -0.2) is 9.91 Å². The predicted molar refractivity (Wildman–Crippen MR) is 71.7 cm³/mol. The summed E-state index contributed by atoms with van der Waals surface area (Å²) >= 11 is 11.5. The van der Waals surface area contributed by atoms with E-state index in [1.165, 1.54) is 24.5 Å². The quantitative estimate of drug-likeness (QED) is 0.635. The number of rotatable bonds is 4. The Labute approximate surface area is 118 Å². The van der Waals surface area contributed by atoms with Gasteiger partial charge >= 0.3 is 0 Å². The Morgan fingerprint density at radius 1 is 1.26 bits per heavy atom. The highest BCUT2D eigenvalue weighted by atomic mass is 35.5. The van der Waals surface area contributed by atoms with Gasteiger partial charge in [-0.05, 0) is 11.6 Å². The Balaban J connectivity index is 2.12. The van der Waals surface area contributed by atoms with E-state index >= 15 is 0 Å². The van der Waals surface area contributed by atoms with Crippen molar-refractivity contribution in [3.05, 3.63) is 62.4 Å². The molecule has 0 fully saturated rings. The average Bonchev–Trinajstić information content (AvgIpc) is 2.37. The van der Waals surface area contributed by atoms with Crippen molar-refractivity contribution < 1.29 is 9.66 Å².